The lowest BCUT2D eigenvalue weighted by molar-refractivity contribution is -0.163. The predicted octanol–water partition coefficient (Wildman–Crippen LogP) is -2.22. The highest BCUT2D eigenvalue weighted by Crippen LogP contribution is 2.14. The van der Waals surface area contributed by atoms with E-state index in [1.54, 1.807) is 6.11 Å². The number of hydrogen-bond acceptors (Lipinski definition) is 10. The average Bonchev–Trinajstić information content (AvgIpc) is 2.86. The van der Waals surface area contributed by atoms with Gasteiger partial charge in [0.15, 0.2) is 6.61 Å². The Balaban J connectivity index is 2.62. The second kappa shape index (κ2) is 8.43. The minimum Gasteiger partial charge on any atom is -0.471 e. The Labute approximate surface area is 130 Å². The normalized spacial score (nSPS) is 17.3. The molecule has 23 heavy (non-hydrogen) atoms. The zero-order valence-electron chi connectivity index (χ0n) is 11.7. The van der Waals surface area contributed by atoms with E-state index in [1.807, 2.05) is 5.92 Å². The maximum atomic E-state index is 11.7. The molecular weight excluding hydrogens is 315 g/mol. The van der Waals surface area contributed by atoms with Crippen LogP contribution in [0.15, 0.2) is 0 Å². The van der Waals surface area contributed by atoms with E-state index in [0.717, 1.165) is 7.11 Å². The molecule has 0 aromatic rings. The fourth-order valence-electron chi connectivity index (χ4n) is 1.30. The number of terminal acetylenes is 2. The Hall–Kier alpha value is -3.02. The predicted molar refractivity (Wildman–Crippen MR) is 68.3 cm³/mol. The van der Waals surface area contributed by atoms with Gasteiger partial charge in [-0.25, -0.2) is 9.59 Å². The molecule has 10 nitrogen and oxygen atoms in total. The summed E-state index contributed by atoms with van der Waals surface area (Å²) in [7, 11) is -0.875. The van der Waals surface area contributed by atoms with Crippen LogP contribution >= 0.6 is 0 Å². The van der Waals surface area contributed by atoms with Gasteiger partial charge < -0.3 is 28.2 Å². The van der Waals surface area contributed by atoms with Gasteiger partial charge in [0.2, 0.25) is 6.10 Å². The van der Waals surface area contributed by atoms with Gasteiger partial charge in [-0.2, -0.15) is 0 Å². The van der Waals surface area contributed by atoms with Crippen molar-refractivity contribution in [3.8, 4) is 24.9 Å². The summed E-state index contributed by atoms with van der Waals surface area (Å²) in [6.45, 7) is -0.389. The molecule has 1 fully saturated rings. The van der Waals surface area contributed by atoms with Crippen molar-refractivity contribution < 1.29 is 47.4 Å². The number of hydrogen-bond donors (Lipinski definition) is 0. The first-order valence-corrected chi connectivity index (χ1v) is 5.80. The number of ether oxygens (including phenoxy) is 3. The highest BCUT2D eigenvalue weighted by Gasteiger charge is 2.51. The molecule has 120 valence electrons. The number of rotatable bonds is 6. The molecule has 0 amide bonds. The van der Waals surface area contributed by atoms with Crippen molar-refractivity contribution in [2.75, 3.05) is 13.7 Å². The van der Waals surface area contributed by atoms with Gasteiger partial charge in [0.1, 0.15) is 6.11 Å². The van der Waals surface area contributed by atoms with Gasteiger partial charge in [-0.15, -0.1) is 6.42 Å². The van der Waals surface area contributed by atoms with Crippen molar-refractivity contribution in [2.45, 2.75) is 12.2 Å². The molecule has 1 aliphatic heterocycles. The fraction of sp³-hybridized carbons (Fsp3) is 0.333. The lowest BCUT2D eigenvalue weighted by Crippen LogP contribution is -2.39. The summed E-state index contributed by atoms with van der Waals surface area (Å²) in [5, 5.41) is 0. The molecule has 1 heterocycles. The van der Waals surface area contributed by atoms with Gasteiger partial charge in [-0.05, 0) is 0 Å². The molecule has 0 spiro atoms. The molecular formula is C12H9BO10. The standard InChI is InChI=1S/C12H9BO10/c1-4-6-20-10(15)8-12(17)23-13(21-8)22-11(16)7(18-3)9(14)19-5-2/h1-2,7-8H,6H2,3H3. The average molecular weight is 324 g/mol. The topological polar surface area (TPSA) is 124 Å². The summed E-state index contributed by atoms with van der Waals surface area (Å²) in [5.41, 5.74) is 0. The van der Waals surface area contributed by atoms with Crippen LogP contribution in [0, 0.1) is 24.9 Å². The summed E-state index contributed by atoms with van der Waals surface area (Å²) < 4.78 is 26.9. The van der Waals surface area contributed by atoms with Crippen LogP contribution < -0.4 is 0 Å². The molecule has 0 radical (unpaired) electrons. The Morgan fingerprint density at radius 3 is 2.61 bits per heavy atom. The van der Waals surface area contributed by atoms with Gasteiger partial charge in [0, 0.05) is 7.11 Å². The summed E-state index contributed by atoms with van der Waals surface area (Å²) in [6, 6.07) is 0. The third-order valence-corrected chi connectivity index (χ3v) is 2.22. The second-order valence-electron chi connectivity index (χ2n) is 3.65. The van der Waals surface area contributed by atoms with Gasteiger partial charge in [-0.3, -0.25) is 9.59 Å². The van der Waals surface area contributed by atoms with Crippen LogP contribution in [-0.2, 0) is 47.4 Å². The van der Waals surface area contributed by atoms with E-state index >= 15 is 0 Å². The Morgan fingerprint density at radius 1 is 1.35 bits per heavy atom. The fourth-order valence-corrected chi connectivity index (χ4v) is 1.30. The van der Waals surface area contributed by atoms with Crippen LogP contribution in [0.25, 0.3) is 0 Å². The molecule has 0 aliphatic carbocycles. The van der Waals surface area contributed by atoms with Crippen molar-refractivity contribution in [1.29, 1.82) is 0 Å². The third-order valence-electron chi connectivity index (χ3n) is 2.22. The maximum Gasteiger partial charge on any atom is 0.793 e. The first kappa shape index (κ1) is 18.0. The zero-order chi connectivity index (χ0) is 17.4. The quantitative estimate of drug-likeness (QED) is 0.230. The van der Waals surface area contributed by atoms with Crippen molar-refractivity contribution in [3.05, 3.63) is 0 Å². The highest BCUT2D eigenvalue weighted by atomic mass is 16.8. The number of methoxy groups -OCH3 is 1. The third kappa shape index (κ3) is 4.74. The smallest absolute Gasteiger partial charge is 0.471 e. The number of carbonyl (C=O) groups excluding carboxylic acids is 4. The van der Waals surface area contributed by atoms with E-state index in [2.05, 4.69) is 23.5 Å². The lowest BCUT2D eigenvalue weighted by atomic mass is 10.2. The van der Waals surface area contributed by atoms with E-state index in [1.165, 1.54) is 0 Å². The molecule has 0 aromatic heterocycles. The second-order valence-corrected chi connectivity index (χ2v) is 3.65. The molecule has 0 saturated carbocycles. The first-order valence-electron chi connectivity index (χ1n) is 5.80. The molecule has 2 unspecified atom stereocenters. The molecule has 1 aliphatic rings. The van der Waals surface area contributed by atoms with E-state index < -0.39 is 43.4 Å². The Morgan fingerprint density at radius 2 is 2.04 bits per heavy atom. The van der Waals surface area contributed by atoms with Crippen molar-refractivity contribution in [1.82, 2.24) is 0 Å². The van der Waals surface area contributed by atoms with E-state index in [9.17, 15) is 19.2 Å². The maximum absolute atomic E-state index is 11.7. The monoisotopic (exact) mass is 324 g/mol. The van der Waals surface area contributed by atoms with Crippen LogP contribution in [0.2, 0.25) is 0 Å². The van der Waals surface area contributed by atoms with E-state index in [-0.39, 0.29) is 6.61 Å². The Bertz CT molecular complexity index is 586. The summed E-state index contributed by atoms with van der Waals surface area (Å²) >= 11 is 0. The minimum absolute atomic E-state index is 0.389. The SMILES string of the molecule is C#CCOC(=O)C1OB(OC(=O)C(OC)C(=O)OC#C)OC1=O. The molecule has 0 bridgehead atoms. The minimum atomic E-state index is -1.88. The summed E-state index contributed by atoms with van der Waals surface area (Å²) in [4.78, 5) is 45.8. The number of esters is 2. The highest BCUT2D eigenvalue weighted by molar-refractivity contribution is 6.45. The van der Waals surface area contributed by atoms with Gasteiger partial charge >= 0.3 is 31.2 Å². The van der Waals surface area contributed by atoms with Crippen LogP contribution in [0.1, 0.15) is 0 Å². The molecule has 2 atom stereocenters. The van der Waals surface area contributed by atoms with Crippen LogP contribution in [0.3, 0.4) is 0 Å². The van der Waals surface area contributed by atoms with Crippen LogP contribution in [-0.4, -0.2) is 57.1 Å². The molecule has 11 heteroatoms. The Kier molecular flexibility index (Phi) is 6.61. The molecule has 0 aromatic carbocycles. The zero-order valence-corrected chi connectivity index (χ0v) is 11.7. The largest absolute Gasteiger partial charge is 0.793 e. The van der Waals surface area contributed by atoms with Gasteiger partial charge in [0.25, 0.3) is 6.10 Å². The van der Waals surface area contributed by atoms with Crippen LogP contribution in [0.4, 0.5) is 0 Å². The van der Waals surface area contributed by atoms with Gasteiger partial charge in [0.05, 0.1) is 0 Å². The summed E-state index contributed by atoms with van der Waals surface area (Å²) in [5.74, 6) is -2.82. The van der Waals surface area contributed by atoms with Crippen LogP contribution in [0.5, 0.6) is 0 Å². The molecule has 0 N–H and O–H groups in total. The summed E-state index contributed by atoms with van der Waals surface area (Å²) in [6.07, 6.45) is 7.55. The van der Waals surface area contributed by atoms with Crippen molar-refractivity contribution in [2.24, 2.45) is 0 Å². The van der Waals surface area contributed by atoms with Gasteiger partial charge in [-0.1, -0.05) is 12.3 Å². The number of carbonyl (C=O) groups is 4. The first-order chi connectivity index (χ1) is 10.9. The lowest BCUT2D eigenvalue weighted by Gasteiger charge is -2.12. The van der Waals surface area contributed by atoms with Crippen molar-refractivity contribution >= 4 is 31.2 Å². The molecule has 1 rings (SSSR count). The molecule has 1 saturated heterocycles. The van der Waals surface area contributed by atoms with Crippen molar-refractivity contribution in [3.63, 3.8) is 0 Å². The van der Waals surface area contributed by atoms with E-state index in [4.69, 9.17) is 17.5 Å². The van der Waals surface area contributed by atoms with E-state index in [0.29, 0.717) is 0 Å².